The normalized spacial score (nSPS) is 10.4. The van der Waals surface area contributed by atoms with Crippen LogP contribution in [0.2, 0.25) is 0 Å². The maximum atomic E-state index is 12.0. The first-order valence-corrected chi connectivity index (χ1v) is 8.20. The van der Waals surface area contributed by atoms with Gasteiger partial charge in [0.2, 0.25) is 5.91 Å². The number of rotatable bonds is 7. The van der Waals surface area contributed by atoms with Gasteiger partial charge in [-0.05, 0) is 68.7 Å². The summed E-state index contributed by atoms with van der Waals surface area (Å²) in [5, 5.41) is 12.4. The monoisotopic (exact) mass is 341 g/mol. The van der Waals surface area contributed by atoms with Gasteiger partial charge in [-0.2, -0.15) is 0 Å². The second kappa shape index (κ2) is 8.33. The number of ether oxygens (including phenoxy) is 1. The second-order valence-electron chi connectivity index (χ2n) is 6.03. The summed E-state index contributed by atoms with van der Waals surface area (Å²) in [5.74, 6) is 0.358. The van der Waals surface area contributed by atoms with Crippen molar-refractivity contribution in [1.82, 2.24) is 0 Å². The van der Waals surface area contributed by atoms with Crippen LogP contribution in [-0.2, 0) is 4.79 Å². The van der Waals surface area contributed by atoms with Gasteiger partial charge >= 0.3 is 0 Å². The van der Waals surface area contributed by atoms with Crippen LogP contribution in [0.25, 0.3) is 0 Å². The number of aromatic hydroxyl groups is 1. The Labute approximate surface area is 147 Å². The zero-order valence-electron chi connectivity index (χ0n) is 14.8. The molecular formula is C20H23NO4. The van der Waals surface area contributed by atoms with E-state index in [4.69, 9.17) is 4.74 Å². The fraction of sp³-hybridized carbons (Fsp3) is 0.300. The lowest BCUT2D eigenvalue weighted by Gasteiger charge is -2.10. The highest BCUT2D eigenvalue weighted by Crippen LogP contribution is 2.24. The molecule has 0 saturated carbocycles. The predicted octanol–water partition coefficient (Wildman–Crippen LogP) is 4.01. The largest absolute Gasteiger partial charge is 0.506 e. The molecule has 5 heteroatoms. The van der Waals surface area contributed by atoms with Crippen LogP contribution >= 0.6 is 0 Å². The van der Waals surface area contributed by atoms with E-state index in [0.29, 0.717) is 18.6 Å². The molecule has 0 saturated heterocycles. The Morgan fingerprint density at radius 1 is 1.08 bits per heavy atom. The first-order chi connectivity index (χ1) is 11.9. The fourth-order valence-electron chi connectivity index (χ4n) is 2.29. The van der Waals surface area contributed by atoms with Gasteiger partial charge in [-0.1, -0.05) is 6.07 Å². The number of ketones is 1. The smallest absolute Gasteiger partial charge is 0.224 e. The second-order valence-corrected chi connectivity index (χ2v) is 6.03. The van der Waals surface area contributed by atoms with Gasteiger partial charge in [0.05, 0.1) is 12.3 Å². The third-order valence-electron chi connectivity index (χ3n) is 3.97. The quantitative estimate of drug-likeness (QED) is 0.453. The van der Waals surface area contributed by atoms with E-state index < -0.39 is 0 Å². The summed E-state index contributed by atoms with van der Waals surface area (Å²) < 4.78 is 5.64. The molecule has 0 unspecified atom stereocenters. The Bertz CT molecular complexity index is 783. The van der Waals surface area contributed by atoms with Gasteiger partial charge in [-0.15, -0.1) is 0 Å². The van der Waals surface area contributed by atoms with Gasteiger partial charge < -0.3 is 15.2 Å². The van der Waals surface area contributed by atoms with Crippen LogP contribution in [0, 0.1) is 13.8 Å². The molecule has 2 aromatic rings. The highest BCUT2D eigenvalue weighted by molar-refractivity contribution is 5.98. The number of phenols is 1. The van der Waals surface area contributed by atoms with Crippen molar-refractivity contribution in [2.45, 2.75) is 33.6 Å². The zero-order valence-corrected chi connectivity index (χ0v) is 14.8. The standard InChI is InChI=1S/C20H23NO4/c1-13-6-8-17(11-14(13)2)25-10-4-5-20(24)21-18-12-16(15(3)22)7-9-19(18)23/h6-9,11-12,23H,4-5,10H2,1-3H3,(H,21,24). The van der Waals surface area contributed by atoms with E-state index in [9.17, 15) is 14.7 Å². The zero-order chi connectivity index (χ0) is 18.4. The summed E-state index contributed by atoms with van der Waals surface area (Å²) in [6.07, 6.45) is 0.806. The SMILES string of the molecule is CC(=O)c1ccc(O)c(NC(=O)CCCOc2ccc(C)c(C)c2)c1. The molecule has 132 valence electrons. The van der Waals surface area contributed by atoms with Crippen molar-refractivity contribution in [2.24, 2.45) is 0 Å². The van der Waals surface area contributed by atoms with Gasteiger partial charge in [-0.3, -0.25) is 9.59 Å². The average molecular weight is 341 g/mol. The Kier molecular flexibility index (Phi) is 6.17. The Balaban J connectivity index is 1.82. The van der Waals surface area contributed by atoms with E-state index in [0.717, 1.165) is 11.3 Å². The molecule has 2 aromatic carbocycles. The molecule has 0 fully saturated rings. The van der Waals surface area contributed by atoms with E-state index in [1.165, 1.54) is 30.7 Å². The van der Waals surface area contributed by atoms with Gasteiger partial charge in [-0.25, -0.2) is 0 Å². The molecule has 0 bridgehead atoms. The van der Waals surface area contributed by atoms with Crippen LogP contribution in [0.15, 0.2) is 36.4 Å². The maximum Gasteiger partial charge on any atom is 0.224 e. The van der Waals surface area contributed by atoms with Crippen molar-refractivity contribution in [1.29, 1.82) is 0 Å². The molecule has 0 aliphatic heterocycles. The minimum Gasteiger partial charge on any atom is -0.506 e. The van der Waals surface area contributed by atoms with Crippen LogP contribution in [0.1, 0.15) is 41.3 Å². The number of benzene rings is 2. The number of amides is 1. The molecule has 0 aromatic heterocycles. The fourth-order valence-corrected chi connectivity index (χ4v) is 2.29. The van der Waals surface area contributed by atoms with Gasteiger partial charge in [0.1, 0.15) is 11.5 Å². The number of nitrogens with one attached hydrogen (secondary N) is 1. The van der Waals surface area contributed by atoms with Crippen LogP contribution in [-0.4, -0.2) is 23.4 Å². The van der Waals surface area contributed by atoms with Crippen molar-refractivity contribution in [3.63, 3.8) is 0 Å². The molecule has 5 nitrogen and oxygen atoms in total. The van der Waals surface area contributed by atoms with Gasteiger partial charge in [0.15, 0.2) is 5.78 Å². The molecule has 0 spiro atoms. The molecule has 0 aliphatic carbocycles. The van der Waals surface area contributed by atoms with Crippen molar-refractivity contribution < 1.29 is 19.4 Å². The van der Waals surface area contributed by atoms with Crippen molar-refractivity contribution in [2.75, 3.05) is 11.9 Å². The molecule has 2 N–H and O–H groups in total. The third kappa shape index (κ3) is 5.35. The molecule has 25 heavy (non-hydrogen) atoms. The molecule has 2 rings (SSSR count). The van der Waals surface area contributed by atoms with E-state index in [-0.39, 0.29) is 29.5 Å². The number of hydrogen-bond acceptors (Lipinski definition) is 4. The predicted molar refractivity (Wildman–Crippen MR) is 97.4 cm³/mol. The Morgan fingerprint density at radius 2 is 1.84 bits per heavy atom. The summed E-state index contributed by atoms with van der Waals surface area (Å²) in [5.41, 5.74) is 3.05. The van der Waals surface area contributed by atoms with Gasteiger partial charge in [0, 0.05) is 12.0 Å². The molecule has 0 atom stereocenters. The van der Waals surface area contributed by atoms with Crippen LogP contribution in [0.3, 0.4) is 0 Å². The topological polar surface area (TPSA) is 75.6 Å². The lowest BCUT2D eigenvalue weighted by Crippen LogP contribution is -2.13. The van der Waals surface area contributed by atoms with Crippen LogP contribution in [0.5, 0.6) is 11.5 Å². The minimum atomic E-state index is -0.236. The molecule has 0 heterocycles. The van der Waals surface area contributed by atoms with E-state index in [2.05, 4.69) is 5.32 Å². The lowest BCUT2D eigenvalue weighted by atomic mass is 10.1. The molecular weight excluding hydrogens is 318 g/mol. The summed E-state index contributed by atoms with van der Waals surface area (Å²) in [6.45, 7) is 5.93. The number of Topliss-reactive ketones (excluding diaryl/α,β-unsaturated/α-hetero) is 1. The number of aryl methyl sites for hydroxylation is 2. The number of phenolic OH excluding ortho intramolecular Hbond substituents is 1. The first-order valence-electron chi connectivity index (χ1n) is 8.20. The summed E-state index contributed by atoms with van der Waals surface area (Å²) >= 11 is 0. The summed E-state index contributed by atoms with van der Waals surface area (Å²) in [4.78, 5) is 23.4. The van der Waals surface area contributed by atoms with Crippen molar-refractivity contribution >= 4 is 17.4 Å². The number of carbonyl (C=O) groups excluding carboxylic acids is 2. The number of anilines is 1. The number of carbonyl (C=O) groups is 2. The summed E-state index contributed by atoms with van der Waals surface area (Å²) in [7, 11) is 0. The first kappa shape index (κ1) is 18.5. The molecule has 0 radical (unpaired) electrons. The van der Waals surface area contributed by atoms with Crippen molar-refractivity contribution in [3.05, 3.63) is 53.1 Å². The highest BCUT2D eigenvalue weighted by Gasteiger charge is 2.09. The van der Waals surface area contributed by atoms with Crippen LogP contribution in [0.4, 0.5) is 5.69 Å². The number of hydrogen-bond donors (Lipinski definition) is 2. The van der Waals surface area contributed by atoms with E-state index >= 15 is 0 Å². The van der Waals surface area contributed by atoms with Gasteiger partial charge in [0.25, 0.3) is 0 Å². The lowest BCUT2D eigenvalue weighted by molar-refractivity contribution is -0.116. The van der Waals surface area contributed by atoms with E-state index in [1.54, 1.807) is 0 Å². The Hall–Kier alpha value is -2.82. The molecule has 0 aliphatic rings. The maximum absolute atomic E-state index is 12.0. The average Bonchev–Trinajstić information content (AvgIpc) is 2.56. The minimum absolute atomic E-state index is 0.0651. The highest BCUT2D eigenvalue weighted by atomic mass is 16.5. The third-order valence-corrected chi connectivity index (χ3v) is 3.97. The molecule has 1 amide bonds. The van der Waals surface area contributed by atoms with Crippen molar-refractivity contribution in [3.8, 4) is 11.5 Å². The Morgan fingerprint density at radius 3 is 2.52 bits per heavy atom. The van der Waals surface area contributed by atoms with E-state index in [1.807, 2.05) is 32.0 Å². The summed E-state index contributed by atoms with van der Waals surface area (Å²) in [6, 6.07) is 10.3. The van der Waals surface area contributed by atoms with Crippen LogP contribution < -0.4 is 10.1 Å².